The van der Waals surface area contributed by atoms with Gasteiger partial charge in [-0.05, 0) is 65.6 Å². The molecule has 6 heteroatoms. The van der Waals surface area contributed by atoms with Crippen molar-refractivity contribution < 1.29 is 14.0 Å². The van der Waals surface area contributed by atoms with Crippen molar-refractivity contribution in [2.45, 2.75) is 58.0 Å². The van der Waals surface area contributed by atoms with Gasteiger partial charge in [-0.2, -0.15) is 0 Å². The van der Waals surface area contributed by atoms with E-state index in [0.717, 1.165) is 28.5 Å². The standard InChI is InChI=1S/C26H26N2O4/c1-15(2)20-12-21-19(11-23(29)32-22(21)10-16(20)3)14-28-24(30)26(27-25(28)31)9-8-17-6-4-5-7-18(17)13-26/h4-7,10-12,15H,8-9,13-14H2,1-3H3,(H,27,31). The number of benzene rings is 2. The van der Waals surface area contributed by atoms with E-state index in [0.29, 0.717) is 29.9 Å². The summed E-state index contributed by atoms with van der Waals surface area (Å²) in [4.78, 5) is 39.9. The summed E-state index contributed by atoms with van der Waals surface area (Å²) in [5.74, 6) is 0.0658. The summed E-state index contributed by atoms with van der Waals surface area (Å²) in [5, 5.41) is 3.73. The topological polar surface area (TPSA) is 79.6 Å². The van der Waals surface area contributed by atoms with E-state index in [9.17, 15) is 14.4 Å². The predicted molar refractivity (Wildman–Crippen MR) is 122 cm³/mol. The van der Waals surface area contributed by atoms with Gasteiger partial charge in [0.25, 0.3) is 5.91 Å². The summed E-state index contributed by atoms with van der Waals surface area (Å²) in [6.45, 7) is 6.24. The number of nitrogens with zero attached hydrogens (tertiary/aromatic N) is 1. The van der Waals surface area contributed by atoms with Crippen LogP contribution in [0, 0.1) is 6.92 Å². The highest BCUT2D eigenvalue weighted by molar-refractivity contribution is 6.07. The molecule has 1 aromatic heterocycles. The zero-order valence-corrected chi connectivity index (χ0v) is 18.5. The second-order valence-electron chi connectivity index (χ2n) is 9.30. The Bertz CT molecular complexity index is 1320. The van der Waals surface area contributed by atoms with Gasteiger partial charge < -0.3 is 9.73 Å². The Balaban J connectivity index is 1.52. The van der Waals surface area contributed by atoms with Gasteiger partial charge in [0.2, 0.25) is 0 Å². The molecule has 1 aliphatic carbocycles. The molecule has 0 saturated carbocycles. The number of carbonyl (C=O) groups excluding carboxylic acids is 2. The monoisotopic (exact) mass is 430 g/mol. The maximum atomic E-state index is 13.5. The third-order valence-electron chi connectivity index (χ3n) is 6.84. The lowest BCUT2D eigenvalue weighted by atomic mass is 9.78. The highest BCUT2D eigenvalue weighted by Crippen LogP contribution is 2.35. The molecule has 1 aliphatic heterocycles. The Morgan fingerprint density at radius 1 is 1.09 bits per heavy atom. The number of hydrogen-bond acceptors (Lipinski definition) is 4. The number of hydrogen-bond donors (Lipinski definition) is 1. The van der Waals surface area contributed by atoms with Crippen LogP contribution in [0.15, 0.2) is 51.7 Å². The quantitative estimate of drug-likeness (QED) is 0.499. The van der Waals surface area contributed by atoms with Gasteiger partial charge in [-0.25, -0.2) is 9.59 Å². The first kappa shape index (κ1) is 20.5. The normalized spacial score (nSPS) is 20.3. The van der Waals surface area contributed by atoms with Crippen molar-refractivity contribution in [1.82, 2.24) is 10.2 Å². The lowest BCUT2D eigenvalue weighted by Crippen LogP contribution is -2.51. The van der Waals surface area contributed by atoms with Gasteiger partial charge in [0.05, 0.1) is 6.54 Å². The first-order valence-electron chi connectivity index (χ1n) is 11.1. The maximum Gasteiger partial charge on any atom is 0.336 e. The van der Waals surface area contributed by atoms with E-state index in [1.54, 1.807) is 0 Å². The maximum absolute atomic E-state index is 13.5. The number of nitrogens with one attached hydrogen (secondary N) is 1. The molecule has 2 aliphatic rings. The molecule has 1 unspecified atom stereocenters. The molecule has 3 amide bonds. The van der Waals surface area contributed by atoms with E-state index in [1.165, 1.54) is 16.5 Å². The van der Waals surface area contributed by atoms with Crippen molar-refractivity contribution in [1.29, 1.82) is 0 Å². The zero-order chi connectivity index (χ0) is 22.6. The minimum absolute atomic E-state index is 0.0385. The number of imide groups is 1. The van der Waals surface area contributed by atoms with Crippen molar-refractivity contribution in [3.8, 4) is 0 Å². The van der Waals surface area contributed by atoms with Gasteiger partial charge in [0.15, 0.2) is 0 Å². The summed E-state index contributed by atoms with van der Waals surface area (Å²) in [6, 6.07) is 12.9. The smallest absolute Gasteiger partial charge is 0.336 e. The molecule has 6 nitrogen and oxygen atoms in total. The number of amides is 3. The van der Waals surface area contributed by atoms with Crippen LogP contribution in [0.4, 0.5) is 4.79 Å². The third-order valence-corrected chi connectivity index (χ3v) is 6.84. The van der Waals surface area contributed by atoms with Crippen LogP contribution in [0.2, 0.25) is 0 Å². The van der Waals surface area contributed by atoms with Crippen molar-refractivity contribution >= 4 is 22.9 Å². The van der Waals surface area contributed by atoms with Crippen LogP contribution in [0.3, 0.4) is 0 Å². The molecule has 5 rings (SSSR count). The molecular formula is C26H26N2O4. The molecule has 1 fully saturated rings. The predicted octanol–water partition coefficient (Wildman–Crippen LogP) is 4.20. The summed E-state index contributed by atoms with van der Waals surface area (Å²) in [7, 11) is 0. The molecular weight excluding hydrogens is 404 g/mol. The second kappa shape index (κ2) is 7.33. The zero-order valence-electron chi connectivity index (χ0n) is 18.5. The van der Waals surface area contributed by atoms with Crippen LogP contribution in [0.1, 0.15) is 54.0 Å². The molecule has 0 bridgehead atoms. The van der Waals surface area contributed by atoms with Crippen molar-refractivity contribution in [3.05, 3.63) is 80.7 Å². The molecule has 2 aromatic carbocycles. The molecule has 1 spiro atoms. The molecule has 1 saturated heterocycles. The van der Waals surface area contributed by atoms with Gasteiger partial charge in [-0.1, -0.05) is 38.1 Å². The van der Waals surface area contributed by atoms with Crippen LogP contribution in [-0.2, 0) is 24.2 Å². The minimum atomic E-state index is -0.916. The SMILES string of the molecule is Cc1cc2oc(=O)cc(CN3C(=O)NC4(CCc5ccccc5C4)C3=O)c2cc1C(C)C. The number of urea groups is 1. The van der Waals surface area contributed by atoms with Crippen molar-refractivity contribution in [2.75, 3.05) is 0 Å². The summed E-state index contributed by atoms with van der Waals surface area (Å²) in [6.07, 6.45) is 1.79. The molecule has 164 valence electrons. The number of fused-ring (bicyclic) bond motifs is 2. The lowest BCUT2D eigenvalue weighted by molar-refractivity contribution is -0.132. The van der Waals surface area contributed by atoms with Crippen molar-refractivity contribution in [2.24, 2.45) is 0 Å². The molecule has 2 heterocycles. The second-order valence-corrected chi connectivity index (χ2v) is 9.30. The Kier molecular flexibility index (Phi) is 4.69. The van der Waals surface area contributed by atoms with E-state index in [1.807, 2.05) is 37.3 Å². The van der Waals surface area contributed by atoms with E-state index in [-0.39, 0.29) is 12.5 Å². The molecule has 0 radical (unpaired) electrons. The lowest BCUT2D eigenvalue weighted by Gasteiger charge is -2.32. The largest absolute Gasteiger partial charge is 0.423 e. The van der Waals surface area contributed by atoms with Crippen LogP contribution in [0.25, 0.3) is 11.0 Å². The average molecular weight is 431 g/mol. The fourth-order valence-electron chi connectivity index (χ4n) is 5.16. The fourth-order valence-corrected chi connectivity index (χ4v) is 5.16. The average Bonchev–Trinajstić information content (AvgIpc) is 2.96. The Morgan fingerprint density at radius 2 is 1.84 bits per heavy atom. The van der Waals surface area contributed by atoms with E-state index in [2.05, 4.69) is 25.2 Å². The van der Waals surface area contributed by atoms with Crippen molar-refractivity contribution in [3.63, 3.8) is 0 Å². The first-order valence-corrected chi connectivity index (χ1v) is 11.1. The van der Waals surface area contributed by atoms with Crippen LogP contribution in [0.5, 0.6) is 0 Å². The van der Waals surface area contributed by atoms with Gasteiger partial charge in [-0.3, -0.25) is 9.69 Å². The number of aryl methyl sites for hydroxylation is 2. The minimum Gasteiger partial charge on any atom is -0.423 e. The molecule has 3 aromatic rings. The van der Waals surface area contributed by atoms with Crippen LogP contribution < -0.4 is 10.9 Å². The fraction of sp³-hybridized carbons (Fsp3) is 0.346. The van der Waals surface area contributed by atoms with Gasteiger partial charge >= 0.3 is 11.7 Å². The Hall–Kier alpha value is -3.41. The highest BCUT2D eigenvalue weighted by Gasteiger charge is 2.52. The highest BCUT2D eigenvalue weighted by atomic mass is 16.4. The van der Waals surface area contributed by atoms with E-state index in [4.69, 9.17) is 4.42 Å². The summed E-state index contributed by atoms with van der Waals surface area (Å²) >= 11 is 0. The van der Waals surface area contributed by atoms with E-state index >= 15 is 0 Å². The van der Waals surface area contributed by atoms with Gasteiger partial charge in [-0.15, -0.1) is 0 Å². The van der Waals surface area contributed by atoms with Gasteiger partial charge in [0, 0.05) is 17.9 Å². The Labute approximate surface area is 186 Å². The number of rotatable bonds is 3. The third kappa shape index (κ3) is 3.22. The first-order chi connectivity index (χ1) is 15.3. The molecule has 1 N–H and O–H groups in total. The van der Waals surface area contributed by atoms with E-state index < -0.39 is 17.2 Å². The summed E-state index contributed by atoms with van der Waals surface area (Å²) < 4.78 is 5.43. The van der Waals surface area contributed by atoms with Crippen LogP contribution in [-0.4, -0.2) is 22.4 Å². The Morgan fingerprint density at radius 3 is 2.59 bits per heavy atom. The van der Waals surface area contributed by atoms with Gasteiger partial charge in [0.1, 0.15) is 11.1 Å². The van der Waals surface area contributed by atoms with Crippen LogP contribution >= 0.6 is 0 Å². The molecule has 32 heavy (non-hydrogen) atoms. The molecule has 1 atom stereocenters. The number of carbonyl (C=O) groups is 2. The summed E-state index contributed by atoms with van der Waals surface area (Å²) in [5.41, 5.74) is 4.20.